The van der Waals surface area contributed by atoms with Crippen molar-refractivity contribution in [2.45, 2.75) is 57.5 Å². The van der Waals surface area contributed by atoms with E-state index in [-0.39, 0.29) is 18.0 Å². The van der Waals surface area contributed by atoms with Crippen molar-refractivity contribution in [3.05, 3.63) is 11.8 Å². The van der Waals surface area contributed by atoms with Crippen LogP contribution in [0.2, 0.25) is 0 Å². The molecular weight excluding hydrogens is 318 g/mol. The van der Waals surface area contributed by atoms with Gasteiger partial charge in [0.2, 0.25) is 5.91 Å². The summed E-state index contributed by atoms with van der Waals surface area (Å²) in [7, 11) is 0. The first-order valence-electron chi connectivity index (χ1n) is 9.48. The van der Waals surface area contributed by atoms with E-state index in [1.54, 1.807) is 10.7 Å². The Morgan fingerprint density at radius 3 is 2.56 bits per heavy atom. The predicted molar refractivity (Wildman–Crippen MR) is 97.2 cm³/mol. The second-order valence-electron chi connectivity index (χ2n) is 7.38. The van der Waals surface area contributed by atoms with Crippen LogP contribution in [0.15, 0.2) is 6.07 Å². The Morgan fingerprint density at radius 2 is 1.96 bits per heavy atom. The lowest BCUT2D eigenvalue weighted by molar-refractivity contribution is -0.123. The number of morpholine rings is 1. The molecule has 2 heterocycles. The Labute approximate surface area is 149 Å². The van der Waals surface area contributed by atoms with Crippen LogP contribution in [-0.4, -0.2) is 59.0 Å². The molecule has 1 aliphatic carbocycles. The molecule has 25 heavy (non-hydrogen) atoms. The van der Waals surface area contributed by atoms with Crippen LogP contribution in [0.4, 0.5) is 5.82 Å². The zero-order valence-electron chi connectivity index (χ0n) is 15.3. The van der Waals surface area contributed by atoms with E-state index in [1.807, 2.05) is 6.92 Å². The van der Waals surface area contributed by atoms with Crippen LogP contribution in [0, 0.1) is 6.92 Å². The number of ether oxygens (including phenoxy) is 1. The molecule has 7 nitrogen and oxygen atoms in total. The Morgan fingerprint density at radius 1 is 1.28 bits per heavy atom. The number of nitrogens with one attached hydrogen (secondary N) is 1. The summed E-state index contributed by atoms with van der Waals surface area (Å²) in [5, 5.41) is 7.44. The maximum Gasteiger partial charge on any atom is 0.241 e. The molecule has 1 saturated carbocycles. The molecular formula is C18H31N5O2. The minimum absolute atomic E-state index is 0.0216. The van der Waals surface area contributed by atoms with Crippen molar-refractivity contribution in [3.8, 4) is 0 Å². The minimum atomic E-state index is -0.0216. The molecule has 0 radical (unpaired) electrons. The minimum Gasteiger partial charge on any atom is -0.384 e. The molecule has 0 unspecified atom stereocenters. The molecule has 1 aliphatic heterocycles. The molecule has 2 aliphatic rings. The molecule has 0 atom stereocenters. The molecule has 0 bridgehead atoms. The second kappa shape index (κ2) is 8.19. The summed E-state index contributed by atoms with van der Waals surface area (Å²) >= 11 is 0. The van der Waals surface area contributed by atoms with E-state index < -0.39 is 0 Å². The van der Waals surface area contributed by atoms with E-state index in [1.165, 1.54) is 25.7 Å². The molecule has 1 saturated heterocycles. The molecule has 140 valence electrons. The molecule has 0 spiro atoms. The van der Waals surface area contributed by atoms with E-state index in [0.29, 0.717) is 12.4 Å². The highest BCUT2D eigenvalue weighted by molar-refractivity contribution is 5.76. The molecule has 7 heteroatoms. The van der Waals surface area contributed by atoms with Gasteiger partial charge in [-0.2, -0.15) is 5.10 Å². The summed E-state index contributed by atoms with van der Waals surface area (Å²) in [6.07, 6.45) is 7.36. The Bertz CT molecular complexity index is 572. The fourth-order valence-corrected chi connectivity index (χ4v) is 4.18. The highest BCUT2D eigenvalue weighted by Gasteiger charge is 2.38. The van der Waals surface area contributed by atoms with E-state index in [2.05, 4.69) is 15.3 Å². The molecule has 0 aromatic carbocycles. The van der Waals surface area contributed by atoms with Crippen LogP contribution >= 0.6 is 0 Å². The van der Waals surface area contributed by atoms with Crippen molar-refractivity contribution in [2.75, 3.05) is 38.6 Å². The molecule has 2 fully saturated rings. The molecule has 1 aromatic heterocycles. The lowest BCUT2D eigenvalue weighted by Crippen LogP contribution is -2.58. The highest BCUT2D eigenvalue weighted by Crippen LogP contribution is 2.32. The van der Waals surface area contributed by atoms with Gasteiger partial charge in [-0.3, -0.25) is 9.69 Å². The standard InChI is InChI=1S/C18H31N5O2/c1-15-12-16(19)23(21-15)13-17(24)20-14-18(6-4-2-3-5-7-18)22-8-10-25-11-9-22/h12H,2-11,13-14,19H2,1H3,(H,20,24). The fraction of sp³-hybridized carbons (Fsp3) is 0.778. The van der Waals surface area contributed by atoms with Gasteiger partial charge in [-0.25, -0.2) is 4.68 Å². The van der Waals surface area contributed by atoms with E-state index in [4.69, 9.17) is 10.5 Å². The predicted octanol–water partition coefficient (Wildman–Crippen LogP) is 1.32. The summed E-state index contributed by atoms with van der Waals surface area (Å²) in [5.74, 6) is 0.511. The van der Waals surface area contributed by atoms with Crippen LogP contribution in [0.5, 0.6) is 0 Å². The van der Waals surface area contributed by atoms with Gasteiger partial charge in [0.25, 0.3) is 0 Å². The maximum atomic E-state index is 12.5. The van der Waals surface area contributed by atoms with Crippen LogP contribution < -0.4 is 11.1 Å². The van der Waals surface area contributed by atoms with Crippen molar-refractivity contribution in [1.82, 2.24) is 20.0 Å². The largest absolute Gasteiger partial charge is 0.384 e. The quantitative estimate of drug-likeness (QED) is 0.783. The number of hydrogen-bond acceptors (Lipinski definition) is 5. The average Bonchev–Trinajstić information content (AvgIpc) is 2.80. The monoisotopic (exact) mass is 349 g/mol. The third-order valence-electron chi connectivity index (χ3n) is 5.56. The van der Waals surface area contributed by atoms with Crippen molar-refractivity contribution >= 4 is 11.7 Å². The number of hydrogen-bond donors (Lipinski definition) is 2. The lowest BCUT2D eigenvalue weighted by atomic mass is 9.87. The summed E-state index contributed by atoms with van der Waals surface area (Å²) in [6.45, 7) is 6.26. The first-order chi connectivity index (χ1) is 12.1. The number of nitrogen functional groups attached to an aromatic ring is 1. The van der Waals surface area contributed by atoms with Crippen LogP contribution in [0.3, 0.4) is 0 Å². The van der Waals surface area contributed by atoms with Crippen LogP contribution in [0.25, 0.3) is 0 Å². The number of carbonyl (C=O) groups is 1. The van der Waals surface area contributed by atoms with Gasteiger partial charge in [0.15, 0.2) is 0 Å². The van der Waals surface area contributed by atoms with Gasteiger partial charge in [0, 0.05) is 31.2 Å². The third kappa shape index (κ3) is 4.52. The first kappa shape index (κ1) is 18.2. The fourth-order valence-electron chi connectivity index (χ4n) is 4.18. The number of aromatic nitrogens is 2. The van der Waals surface area contributed by atoms with Crippen molar-refractivity contribution in [3.63, 3.8) is 0 Å². The van der Waals surface area contributed by atoms with Crippen molar-refractivity contribution in [2.24, 2.45) is 0 Å². The number of rotatable bonds is 5. The van der Waals surface area contributed by atoms with E-state index >= 15 is 0 Å². The third-order valence-corrected chi connectivity index (χ3v) is 5.56. The normalized spacial score (nSPS) is 21.6. The van der Waals surface area contributed by atoms with Gasteiger partial charge >= 0.3 is 0 Å². The van der Waals surface area contributed by atoms with Gasteiger partial charge in [0.1, 0.15) is 12.4 Å². The maximum absolute atomic E-state index is 12.5. The van der Waals surface area contributed by atoms with Gasteiger partial charge in [0.05, 0.1) is 18.9 Å². The number of carbonyl (C=O) groups excluding carboxylic acids is 1. The summed E-state index contributed by atoms with van der Waals surface area (Å²) < 4.78 is 7.10. The lowest BCUT2D eigenvalue weighted by Gasteiger charge is -2.45. The van der Waals surface area contributed by atoms with E-state index in [0.717, 1.165) is 44.8 Å². The molecule has 1 aromatic rings. The summed E-state index contributed by atoms with van der Waals surface area (Å²) in [6, 6.07) is 1.79. The summed E-state index contributed by atoms with van der Waals surface area (Å²) in [5.41, 5.74) is 6.79. The number of anilines is 1. The SMILES string of the molecule is Cc1cc(N)n(CC(=O)NCC2(N3CCOCC3)CCCCCC2)n1. The van der Waals surface area contributed by atoms with Gasteiger partial charge in [-0.05, 0) is 19.8 Å². The Balaban J connectivity index is 1.63. The smallest absolute Gasteiger partial charge is 0.241 e. The molecule has 3 N–H and O–H groups in total. The summed E-state index contributed by atoms with van der Waals surface area (Å²) in [4.78, 5) is 15.0. The number of aryl methyl sites for hydroxylation is 1. The van der Waals surface area contributed by atoms with Crippen molar-refractivity contribution in [1.29, 1.82) is 0 Å². The highest BCUT2D eigenvalue weighted by atomic mass is 16.5. The first-order valence-corrected chi connectivity index (χ1v) is 9.48. The van der Waals surface area contributed by atoms with Crippen LogP contribution in [-0.2, 0) is 16.1 Å². The second-order valence-corrected chi connectivity index (χ2v) is 7.38. The Hall–Kier alpha value is -1.60. The average molecular weight is 349 g/mol. The van der Waals surface area contributed by atoms with Gasteiger partial charge < -0.3 is 15.8 Å². The zero-order chi connectivity index (χ0) is 17.7. The van der Waals surface area contributed by atoms with Crippen molar-refractivity contribution < 1.29 is 9.53 Å². The number of amides is 1. The van der Waals surface area contributed by atoms with Gasteiger partial charge in [-0.15, -0.1) is 0 Å². The number of nitrogens with zero attached hydrogens (tertiary/aromatic N) is 3. The molecule has 1 amide bonds. The Kier molecular flexibility index (Phi) is 5.96. The van der Waals surface area contributed by atoms with Gasteiger partial charge in [-0.1, -0.05) is 25.7 Å². The molecule has 3 rings (SSSR count). The van der Waals surface area contributed by atoms with Crippen LogP contribution in [0.1, 0.15) is 44.2 Å². The zero-order valence-corrected chi connectivity index (χ0v) is 15.3. The number of nitrogens with two attached hydrogens (primary N) is 1. The topological polar surface area (TPSA) is 85.4 Å². The van der Waals surface area contributed by atoms with E-state index in [9.17, 15) is 4.79 Å².